The minimum absolute atomic E-state index is 0.00636. The molecule has 2 aliphatic rings. The van der Waals surface area contributed by atoms with Gasteiger partial charge >= 0.3 is 0 Å². The maximum atomic E-state index is 12.9. The summed E-state index contributed by atoms with van der Waals surface area (Å²) in [6, 6.07) is 11.3. The average molecular weight is 341 g/mol. The van der Waals surface area contributed by atoms with E-state index in [1.165, 1.54) is 0 Å². The third-order valence-electron chi connectivity index (χ3n) is 4.81. The van der Waals surface area contributed by atoms with Crippen molar-refractivity contribution >= 4 is 11.8 Å². The summed E-state index contributed by atoms with van der Waals surface area (Å²) in [5.74, 6) is -0.176. The predicted molar refractivity (Wildman–Crippen MR) is 88.0 cm³/mol. The van der Waals surface area contributed by atoms with Gasteiger partial charge in [-0.25, -0.2) is 0 Å². The van der Waals surface area contributed by atoms with E-state index in [-0.39, 0.29) is 42.2 Å². The van der Waals surface area contributed by atoms with E-state index in [1.807, 2.05) is 30.3 Å². The van der Waals surface area contributed by atoms with Crippen LogP contribution < -0.4 is 5.32 Å². The first kappa shape index (κ1) is 15.8. The average Bonchev–Trinajstić information content (AvgIpc) is 3.17. The van der Waals surface area contributed by atoms with E-state index >= 15 is 0 Å². The first-order valence-electron chi connectivity index (χ1n) is 8.31. The summed E-state index contributed by atoms with van der Waals surface area (Å²) < 4.78 is 11.0. The highest BCUT2D eigenvalue weighted by molar-refractivity contribution is 5.92. The van der Waals surface area contributed by atoms with E-state index in [2.05, 4.69) is 10.5 Å². The number of hydrogen-bond acceptors (Lipinski definition) is 5. The van der Waals surface area contributed by atoms with Gasteiger partial charge < -0.3 is 19.5 Å². The van der Waals surface area contributed by atoms with Crippen molar-refractivity contribution in [3.05, 3.63) is 53.4 Å². The summed E-state index contributed by atoms with van der Waals surface area (Å²) in [7, 11) is 0. The summed E-state index contributed by atoms with van der Waals surface area (Å²) in [5, 5.41) is 6.62. The maximum absolute atomic E-state index is 12.9. The highest BCUT2D eigenvalue weighted by Crippen LogP contribution is 2.35. The van der Waals surface area contributed by atoms with Gasteiger partial charge in [-0.2, -0.15) is 0 Å². The lowest BCUT2D eigenvalue weighted by atomic mass is 9.93. The van der Waals surface area contributed by atoms with Crippen LogP contribution in [0.2, 0.25) is 0 Å². The molecular weight excluding hydrogens is 322 g/mol. The van der Waals surface area contributed by atoms with Gasteiger partial charge in [-0.3, -0.25) is 9.59 Å². The highest BCUT2D eigenvalue weighted by Gasteiger charge is 2.47. The monoisotopic (exact) mass is 341 g/mol. The molecular formula is C18H19N3O4. The fourth-order valence-corrected chi connectivity index (χ4v) is 3.63. The summed E-state index contributed by atoms with van der Waals surface area (Å²) in [5.41, 5.74) is 1.75. The Labute approximate surface area is 144 Å². The predicted octanol–water partition coefficient (Wildman–Crippen LogP) is 1.11. The zero-order valence-corrected chi connectivity index (χ0v) is 13.8. The molecule has 1 aromatic carbocycles. The van der Waals surface area contributed by atoms with Crippen LogP contribution in [-0.2, 0) is 9.53 Å². The molecule has 2 fully saturated rings. The molecule has 4 rings (SSSR count). The lowest BCUT2D eigenvalue weighted by Gasteiger charge is -2.25. The summed E-state index contributed by atoms with van der Waals surface area (Å²) in [6.45, 7) is 2.66. The summed E-state index contributed by atoms with van der Waals surface area (Å²) in [6.07, 6.45) is -0.241. The number of aromatic nitrogens is 1. The van der Waals surface area contributed by atoms with Crippen molar-refractivity contribution < 1.29 is 18.8 Å². The van der Waals surface area contributed by atoms with Gasteiger partial charge in [-0.15, -0.1) is 0 Å². The SMILES string of the molecule is Cc1cc(C(=O)N2C[C@H](c3ccccc3)[C@H]3OCC(=O)NC[C@H]32)on1. The largest absolute Gasteiger partial charge is 0.365 e. The number of amides is 2. The molecule has 7 heteroatoms. The van der Waals surface area contributed by atoms with Crippen LogP contribution in [0.15, 0.2) is 40.9 Å². The van der Waals surface area contributed by atoms with E-state index < -0.39 is 0 Å². The van der Waals surface area contributed by atoms with E-state index in [1.54, 1.807) is 17.9 Å². The van der Waals surface area contributed by atoms with Crippen LogP contribution in [0.3, 0.4) is 0 Å². The molecule has 0 aliphatic carbocycles. The Hall–Kier alpha value is -2.67. The number of hydrogen-bond donors (Lipinski definition) is 1. The van der Waals surface area contributed by atoms with Crippen molar-refractivity contribution in [2.24, 2.45) is 0 Å². The third kappa shape index (κ3) is 2.91. The Morgan fingerprint density at radius 2 is 2.12 bits per heavy atom. The second kappa shape index (κ2) is 6.33. The zero-order chi connectivity index (χ0) is 17.4. The highest BCUT2D eigenvalue weighted by atomic mass is 16.5. The van der Waals surface area contributed by atoms with E-state index in [0.717, 1.165) is 5.56 Å². The molecule has 130 valence electrons. The number of carbonyl (C=O) groups excluding carboxylic acids is 2. The summed E-state index contributed by atoms with van der Waals surface area (Å²) in [4.78, 5) is 26.4. The van der Waals surface area contributed by atoms with Crippen LogP contribution in [0.5, 0.6) is 0 Å². The third-order valence-corrected chi connectivity index (χ3v) is 4.81. The van der Waals surface area contributed by atoms with E-state index in [0.29, 0.717) is 18.8 Å². The van der Waals surface area contributed by atoms with Crippen molar-refractivity contribution in [3.8, 4) is 0 Å². The Bertz CT molecular complexity index is 789. The van der Waals surface area contributed by atoms with Crippen LogP contribution in [0, 0.1) is 6.92 Å². The number of rotatable bonds is 2. The van der Waals surface area contributed by atoms with Crippen LogP contribution in [-0.4, -0.2) is 53.7 Å². The number of nitrogens with one attached hydrogen (secondary N) is 1. The fourth-order valence-electron chi connectivity index (χ4n) is 3.63. The van der Waals surface area contributed by atoms with Gasteiger partial charge in [0.25, 0.3) is 5.91 Å². The molecule has 25 heavy (non-hydrogen) atoms. The van der Waals surface area contributed by atoms with Crippen molar-refractivity contribution in [1.82, 2.24) is 15.4 Å². The van der Waals surface area contributed by atoms with Crippen LogP contribution >= 0.6 is 0 Å². The lowest BCUT2D eigenvalue weighted by Crippen LogP contribution is -2.45. The Balaban J connectivity index is 1.67. The minimum atomic E-state index is -0.241. The first-order valence-corrected chi connectivity index (χ1v) is 8.31. The van der Waals surface area contributed by atoms with Gasteiger partial charge in [0.1, 0.15) is 6.61 Å². The normalized spacial score (nSPS) is 26.0. The quantitative estimate of drug-likeness (QED) is 0.884. The summed E-state index contributed by atoms with van der Waals surface area (Å²) >= 11 is 0. The van der Waals surface area contributed by atoms with E-state index in [9.17, 15) is 9.59 Å². The molecule has 2 aliphatic heterocycles. The molecule has 0 spiro atoms. The standard InChI is InChI=1S/C18H19N3O4/c1-11-7-15(25-20-11)18(23)21-9-13(12-5-3-2-4-6-12)17-14(21)8-19-16(22)10-24-17/h2-7,13-14,17H,8-10H2,1H3,(H,19,22)/t13-,14-,17-/m1/s1. The molecule has 2 saturated heterocycles. The lowest BCUT2D eigenvalue weighted by molar-refractivity contribution is -0.125. The topological polar surface area (TPSA) is 84.7 Å². The van der Waals surface area contributed by atoms with Crippen molar-refractivity contribution in [1.29, 1.82) is 0 Å². The van der Waals surface area contributed by atoms with Gasteiger partial charge in [0, 0.05) is 25.1 Å². The molecule has 1 N–H and O–H groups in total. The van der Waals surface area contributed by atoms with Crippen LogP contribution in [0.1, 0.15) is 27.7 Å². The molecule has 2 amide bonds. The van der Waals surface area contributed by atoms with Gasteiger partial charge in [-0.05, 0) is 12.5 Å². The van der Waals surface area contributed by atoms with Gasteiger partial charge in [-0.1, -0.05) is 35.5 Å². The molecule has 7 nitrogen and oxygen atoms in total. The number of carbonyl (C=O) groups is 2. The molecule has 3 atom stereocenters. The Morgan fingerprint density at radius 1 is 1.32 bits per heavy atom. The van der Waals surface area contributed by atoms with Gasteiger partial charge in [0.2, 0.25) is 11.7 Å². The zero-order valence-electron chi connectivity index (χ0n) is 13.8. The van der Waals surface area contributed by atoms with Crippen LogP contribution in [0.25, 0.3) is 0 Å². The molecule has 0 radical (unpaired) electrons. The minimum Gasteiger partial charge on any atom is -0.365 e. The number of benzene rings is 1. The number of likely N-dealkylation sites (tertiary alicyclic amines) is 1. The molecule has 0 unspecified atom stereocenters. The smallest absolute Gasteiger partial charge is 0.292 e. The number of nitrogens with zero attached hydrogens (tertiary/aromatic N) is 2. The molecule has 1 aromatic heterocycles. The van der Waals surface area contributed by atoms with Gasteiger partial charge in [0.15, 0.2) is 0 Å². The number of fused-ring (bicyclic) bond motifs is 1. The first-order chi connectivity index (χ1) is 12.1. The van der Waals surface area contributed by atoms with Gasteiger partial charge in [0.05, 0.1) is 17.8 Å². The molecule has 3 heterocycles. The maximum Gasteiger partial charge on any atom is 0.292 e. The van der Waals surface area contributed by atoms with Crippen molar-refractivity contribution in [2.45, 2.75) is 25.0 Å². The Morgan fingerprint density at radius 3 is 2.84 bits per heavy atom. The fraction of sp³-hybridized carbons (Fsp3) is 0.389. The number of ether oxygens (including phenoxy) is 1. The second-order valence-corrected chi connectivity index (χ2v) is 6.45. The number of aryl methyl sites for hydroxylation is 1. The van der Waals surface area contributed by atoms with Crippen molar-refractivity contribution in [3.63, 3.8) is 0 Å². The molecule has 0 bridgehead atoms. The van der Waals surface area contributed by atoms with Crippen molar-refractivity contribution in [2.75, 3.05) is 19.7 Å². The van der Waals surface area contributed by atoms with Crippen LogP contribution in [0.4, 0.5) is 0 Å². The van der Waals surface area contributed by atoms with E-state index in [4.69, 9.17) is 9.26 Å². The Kier molecular flexibility index (Phi) is 4.01. The molecule has 2 aromatic rings. The molecule has 0 saturated carbocycles. The second-order valence-electron chi connectivity index (χ2n) is 6.45.